The molecule has 36 heavy (non-hydrogen) atoms. The third-order valence-corrected chi connectivity index (χ3v) is 7.04. The number of hydrogen-bond donors (Lipinski definition) is 2. The number of aryl methyl sites for hydroxylation is 1. The van der Waals surface area contributed by atoms with Gasteiger partial charge in [0.1, 0.15) is 17.1 Å². The van der Waals surface area contributed by atoms with Crippen LogP contribution in [-0.4, -0.2) is 42.9 Å². The van der Waals surface area contributed by atoms with E-state index in [2.05, 4.69) is 20.5 Å². The Morgan fingerprint density at radius 2 is 1.86 bits per heavy atom. The van der Waals surface area contributed by atoms with Crippen LogP contribution in [0.3, 0.4) is 0 Å². The molecule has 0 aliphatic carbocycles. The predicted octanol–water partition coefficient (Wildman–Crippen LogP) is 4.52. The van der Waals surface area contributed by atoms with E-state index in [1.54, 1.807) is 43.6 Å². The average molecular weight is 509 g/mol. The van der Waals surface area contributed by atoms with Crippen molar-refractivity contribution in [2.45, 2.75) is 37.7 Å². The van der Waals surface area contributed by atoms with Gasteiger partial charge in [-0.3, -0.25) is 14.9 Å². The molecule has 0 unspecified atom stereocenters. The van der Waals surface area contributed by atoms with Gasteiger partial charge < -0.3 is 14.8 Å². The Balaban J connectivity index is 1.49. The van der Waals surface area contributed by atoms with Crippen LogP contribution in [0.2, 0.25) is 0 Å². The van der Waals surface area contributed by atoms with E-state index in [1.807, 2.05) is 32.9 Å². The van der Waals surface area contributed by atoms with Crippen LogP contribution in [0.4, 0.5) is 5.82 Å². The second kappa shape index (κ2) is 9.71. The van der Waals surface area contributed by atoms with Crippen molar-refractivity contribution in [2.75, 3.05) is 18.7 Å². The molecule has 0 bridgehead atoms. The number of benzene rings is 2. The van der Waals surface area contributed by atoms with E-state index in [9.17, 15) is 13.2 Å². The van der Waals surface area contributed by atoms with E-state index in [0.717, 1.165) is 23.1 Å². The number of aromatic amines is 1. The molecule has 0 aliphatic rings. The van der Waals surface area contributed by atoms with Crippen molar-refractivity contribution in [3.63, 3.8) is 0 Å². The van der Waals surface area contributed by atoms with E-state index >= 15 is 0 Å². The first-order valence-electron chi connectivity index (χ1n) is 11.2. The second-order valence-corrected chi connectivity index (χ2v) is 11.1. The second-order valence-electron chi connectivity index (χ2n) is 9.07. The number of aromatic nitrogens is 3. The van der Waals surface area contributed by atoms with Gasteiger partial charge in [-0.05, 0) is 62.2 Å². The number of rotatable bonds is 8. The third kappa shape index (κ3) is 5.55. The van der Waals surface area contributed by atoms with Gasteiger partial charge in [-0.15, -0.1) is 0 Å². The van der Waals surface area contributed by atoms with Crippen molar-refractivity contribution in [3.8, 4) is 11.5 Å². The molecule has 2 aromatic heterocycles. The zero-order valence-electron chi connectivity index (χ0n) is 20.7. The van der Waals surface area contributed by atoms with Crippen LogP contribution in [-0.2, 0) is 31.4 Å². The van der Waals surface area contributed by atoms with E-state index in [0.29, 0.717) is 28.2 Å². The summed E-state index contributed by atoms with van der Waals surface area (Å²) in [4.78, 5) is 17.1. The van der Waals surface area contributed by atoms with Crippen molar-refractivity contribution >= 4 is 32.5 Å². The number of nitrogens with zero attached hydrogens (tertiary/aromatic N) is 2. The molecule has 9 nitrogen and oxygen atoms in total. The fourth-order valence-electron chi connectivity index (χ4n) is 3.65. The quantitative estimate of drug-likeness (QED) is 0.358. The molecule has 0 atom stereocenters. The SMILES string of the molecule is COC(C)(C)c1cc(NC(=O)Cc2ccc(Oc3ccnc4ccc(S(C)(=O)=O)cc34)c(C)c2)n[nH]1. The molecule has 0 aliphatic heterocycles. The van der Waals surface area contributed by atoms with Crippen LogP contribution in [0, 0.1) is 6.92 Å². The first-order valence-corrected chi connectivity index (χ1v) is 13.1. The molecule has 1 amide bonds. The van der Waals surface area contributed by atoms with Gasteiger partial charge in [0.15, 0.2) is 15.7 Å². The topological polar surface area (TPSA) is 123 Å². The van der Waals surface area contributed by atoms with Crippen molar-refractivity contribution < 1.29 is 22.7 Å². The number of amides is 1. The zero-order chi connectivity index (χ0) is 26.1. The maximum absolute atomic E-state index is 12.6. The fourth-order valence-corrected chi connectivity index (χ4v) is 4.30. The summed E-state index contributed by atoms with van der Waals surface area (Å²) in [5.41, 5.74) is 2.47. The molecule has 10 heteroatoms. The molecular weight excluding hydrogens is 480 g/mol. The van der Waals surface area contributed by atoms with E-state index < -0.39 is 15.4 Å². The number of H-pyrrole nitrogens is 1. The van der Waals surface area contributed by atoms with Gasteiger partial charge in [-0.2, -0.15) is 5.10 Å². The number of anilines is 1. The molecule has 4 aromatic rings. The Bertz CT molecular complexity index is 1540. The molecule has 0 radical (unpaired) electrons. The highest BCUT2D eigenvalue weighted by molar-refractivity contribution is 7.90. The Labute approximate surface area is 209 Å². The summed E-state index contributed by atoms with van der Waals surface area (Å²) in [7, 11) is -1.76. The molecule has 0 fully saturated rings. The minimum Gasteiger partial charge on any atom is -0.456 e. The van der Waals surface area contributed by atoms with Crippen LogP contribution in [0.1, 0.15) is 30.7 Å². The van der Waals surface area contributed by atoms with E-state index in [1.165, 1.54) is 6.07 Å². The monoisotopic (exact) mass is 508 g/mol. The highest BCUT2D eigenvalue weighted by Gasteiger charge is 2.22. The Morgan fingerprint density at radius 3 is 2.56 bits per heavy atom. The average Bonchev–Trinajstić information content (AvgIpc) is 3.29. The first kappa shape index (κ1) is 25.3. The third-order valence-electron chi connectivity index (χ3n) is 5.93. The van der Waals surface area contributed by atoms with E-state index in [-0.39, 0.29) is 17.2 Å². The summed E-state index contributed by atoms with van der Waals surface area (Å²) in [6.07, 6.45) is 2.93. The molecule has 188 valence electrons. The molecule has 0 saturated heterocycles. The van der Waals surface area contributed by atoms with Gasteiger partial charge in [-0.1, -0.05) is 12.1 Å². The minimum absolute atomic E-state index is 0.160. The number of methoxy groups -OCH3 is 1. The number of hydrogen-bond acceptors (Lipinski definition) is 7. The van der Waals surface area contributed by atoms with Gasteiger partial charge in [0.2, 0.25) is 5.91 Å². The van der Waals surface area contributed by atoms with Crippen molar-refractivity contribution in [2.24, 2.45) is 0 Å². The van der Waals surface area contributed by atoms with Crippen molar-refractivity contribution in [1.82, 2.24) is 15.2 Å². The number of ether oxygens (including phenoxy) is 2. The Morgan fingerprint density at radius 1 is 1.08 bits per heavy atom. The number of pyridine rings is 1. The molecule has 2 N–H and O–H groups in total. The van der Waals surface area contributed by atoms with Gasteiger partial charge in [0.05, 0.1) is 22.5 Å². The summed E-state index contributed by atoms with van der Waals surface area (Å²) in [5, 5.41) is 10.4. The van der Waals surface area contributed by atoms with Crippen LogP contribution >= 0.6 is 0 Å². The normalized spacial score (nSPS) is 12.0. The number of sulfone groups is 1. The lowest BCUT2D eigenvalue weighted by Crippen LogP contribution is -2.19. The summed E-state index contributed by atoms with van der Waals surface area (Å²) >= 11 is 0. The van der Waals surface area contributed by atoms with E-state index in [4.69, 9.17) is 9.47 Å². The van der Waals surface area contributed by atoms with Crippen LogP contribution in [0.15, 0.2) is 59.6 Å². The lowest BCUT2D eigenvalue weighted by atomic mass is 10.1. The predicted molar refractivity (Wildman–Crippen MR) is 137 cm³/mol. The van der Waals surface area contributed by atoms with Crippen molar-refractivity contribution in [3.05, 3.63) is 71.5 Å². The lowest BCUT2D eigenvalue weighted by Gasteiger charge is -2.20. The minimum atomic E-state index is -3.37. The van der Waals surface area contributed by atoms with Crippen LogP contribution in [0.5, 0.6) is 11.5 Å². The molecule has 2 aromatic carbocycles. The maximum Gasteiger partial charge on any atom is 0.229 e. The summed E-state index contributed by atoms with van der Waals surface area (Å²) in [5.74, 6) is 1.31. The highest BCUT2D eigenvalue weighted by atomic mass is 32.2. The largest absolute Gasteiger partial charge is 0.456 e. The molecular formula is C26H28N4O5S. The summed E-state index contributed by atoms with van der Waals surface area (Å²) in [6.45, 7) is 5.69. The first-order chi connectivity index (χ1) is 17.0. The Hall–Kier alpha value is -3.76. The van der Waals surface area contributed by atoms with Crippen molar-refractivity contribution in [1.29, 1.82) is 0 Å². The number of carbonyl (C=O) groups is 1. The fraction of sp³-hybridized carbons (Fsp3) is 0.269. The summed E-state index contributed by atoms with van der Waals surface area (Å²) in [6, 6.07) is 13.7. The van der Waals surface area contributed by atoms with Gasteiger partial charge in [0, 0.05) is 31.0 Å². The Kier molecular flexibility index (Phi) is 6.83. The van der Waals surface area contributed by atoms with Crippen LogP contribution < -0.4 is 10.1 Å². The number of fused-ring (bicyclic) bond motifs is 1. The molecule has 0 saturated carbocycles. The molecule has 0 spiro atoms. The standard InChI is InChI=1S/C26H28N4O5S/c1-16-12-17(13-25(31)28-24-15-23(29-30-24)26(2,3)34-4)6-9-21(16)35-22-10-11-27-20-8-7-18(14-19(20)22)36(5,32)33/h6-12,14-15H,13H2,1-5H3,(H2,28,29,30,31). The molecule has 4 rings (SSSR count). The number of nitrogens with one attached hydrogen (secondary N) is 2. The lowest BCUT2D eigenvalue weighted by molar-refractivity contribution is -0.115. The smallest absolute Gasteiger partial charge is 0.229 e. The van der Waals surface area contributed by atoms with Gasteiger partial charge >= 0.3 is 0 Å². The zero-order valence-corrected chi connectivity index (χ0v) is 21.6. The maximum atomic E-state index is 12.6. The van der Waals surface area contributed by atoms with Gasteiger partial charge in [-0.25, -0.2) is 8.42 Å². The highest BCUT2D eigenvalue weighted by Crippen LogP contribution is 2.32. The summed E-state index contributed by atoms with van der Waals surface area (Å²) < 4.78 is 35.5. The van der Waals surface area contributed by atoms with Gasteiger partial charge in [0.25, 0.3) is 0 Å². The molecule has 2 heterocycles. The number of carbonyl (C=O) groups excluding carboxylic acids is 1. The van der Waals surface area contributed by atoms with Crippen LogP contribution in [0.25, 0.3) is 10.9 Å².